The van der Waals surface area contributed by atoms with Crippen molar-refractivity contribution in [3.05, 3.63) is 36.9 Å². The fourth-order valence-electron chi connectivity index (χ4n) is 4.24. The van der Waals surface area contributed by atoms with E-state index in [0.717, 1.165) is 42.4 Å². The molecule has 1 fully saturated rings. The van der Waals surface area contributed by atoms with Crippen LogP contribution < -0.4 is 20.7 Å². The van der Waals surface area contributed by atoms with Crippen LogP contribution >= 0.6 is 0 Å². The third-order valence-corrected chi connectivity index (χ3v) is 6.23. The standard InChI is InChI=1S/C25H31F3N6O2/c1-15(2)22(24(35)33-14-25(26,27)28)34-18-7-17(9-30-10-18)21-12-32-23-20(21)8-19(11-31-23)36-13-16-3-5-29-6-4-16/h7-12,15-16,22,29,34H,3-6,13-14H2,1-2H3,(H,31,32)(H,33,35). The lowest BCUT2D eigenvalue weighted by atomic mass is 9.99. The number of nitrogens with one attached hydrogen (secondary N) is 4. The Labute approximate surface area is 207 Å². The topological polar surface area (TPSA) is 104 Å². The Balaban J connectivity index is 1.50. The number of anilines is 1. The van der Waals surface area contributed by atoms with E-state index in [2.05, 4.69) is 25.6 Å². The van der Waals surface area contributed by atoms with E-state index < -0.39 is 24.7 Å². The van der Waals surface area contributed by atoms with Gasteiger partial charge in [-0.15, -0.1) is 0 Å². The van der Waals surface area contributed by atoms with Crippen LogP contribution in [0, 0.1) is 11.8 Å². The highest BCUT2D eigenvalue weighted by molar-refractivity contribution is 5.94. The van der Waals surface area contributed by atoms with Crippen molar-refractivity contribution in [3.8, 4) is 16.9 Å². The predicted octanol–water partition coefficient (Wildman–Crippen LogP) is 4.12. The van der Waals surface area contributed by atoms with Gasteiger partial charge in [0.2, 0.25) is 5.91 Å². The van der Waals surface area contributed by atoms with Crippen LogP contribution in [0.4, 0.5) is 18.9 Å². The Bertz CT molecular complexity index is 1170. The molecule has 4 N–H and O–H groups in total. The normalized spacial score (nSPS) is 15.7. The van der Waals surface area contributed by atoms with Crippen molar-refractivity contribution in [2.75, 3.05) is 31.6 Å². The number of H-pyrrole nitrogens is 1. The van der Waals surface area contributed by atoms with Gasteiger partial charge in [-0.05, 0) is 49.9 Å². The molecule has 0 saturated carbocycles. The zero-order valence-electron chi connectivity index (χ0n) is 20.3. The van der Waals surface area contributed by atoms with Crippen molar-refractivity contribution in [2.45, 2.75) is 38.9 Å². The molecule has 36 heavy (non-hydrogen) atoms. The highest BCUT2D eigenvalue weighted by Crippen LogP contribution is 2.31. The lowest BCUT2D eigenvalue weighted by molar-refractivity contribution is -0.139. The van der Waals surface area contributed by atoms with Gasteiger partial charge in [-0.1, -0.05) is 13.8 Å². The molecule has 194 valence electrons. The first kappa shape index (κ1) is 25.7. The van der Waals surface area contributed by atoms with E-state index in [1.807, 2.05) is 23.6 Å². The molecular weight excluding hydrogens is 473 g/mol. The van der Waals surface area contributed by atoms with Crippen LogP contribution in [0.15, 0.2) is 36.9 Å². The molecule has 0 aromatic carbocycles. The minimum atomic E-state index is -4.47. The fourth-order valence-corrected chi connectivity index (χ4v) is 4.24. The molecule has 4 heterocycles. The van der Waals surface area contributed by atoms with E-state index in [9.17, 15) is 18.0 Å². The molecule has 3 aromatic rings. The number of nitrogens with zero attached hydrogens (tertiary/aromatic N) is 2. The first-order valence-corrected chi connectivity index (χ1v) is 12.1. The monoisotopic (exact) mass is 504 g/mol. The number of aromatic amines is 1. The number of fused-ring (bicyclic) bond motifs is 1. The number of halogens is 3. The number of carbonyl (C=O) groups excluding carboxylic acids is 1. The first-order chi connectivity index (χ1) is 17.2. The number of hydrogen-bond acceptors (Lipinski definition) is 6. The quantitative estimate of drug-likeness (QED) is 0.350. The fraction of sp³-hybridized carbons (Fsp3) is 0.480. The van der Waals surface area contributed by atoms with E-state index >= 15 is 0 Å². The SMILES string of the molecule is CC(C)C(Nc1cncc(-c2c[nH]c3ncc(OCC4CCNCC4)cc23)c1)C(=O)NCC(F)(F)F. The van der Waals surface area contributed by atoms with Crippen molar-refractivity contribution in [1.29, 1.82) is 0 Å². The molecule has 1 saturated heterocycles. The Hall–Kier alpha value is -3.34. The van der Waals surface area contributed by atoms with E-state index in [-0.39, 0.29) is 5.92 Å². The summed E-state index contributed by atoms with van der Waals surface area (Å²) in [5.41, 5.74) is 2.84. The average molecular weight is 505 g/mol. The van der Waals surface area contributed by atoms with Gasteiger partial charge >= 0.3 is 6.18 Å². The van der Waals surface area contributed by atoms with Crippen LogP contribution in [0.5, 0.6) is 5.75 Å². The highest BCUT2D eigenvalue weighted by Gasteiger charge is 2.30. The molecule has 0 spiro atoms. The van der Waals surface area contributed by atoms with Gasteiger partial charge < -0.3 is 25.7 Å². The number of hydrogen-bond donors (Lipinski definition) is 4. The van der Waals surface area contributed by atoms with Crippen LogP contribution in [-0.2, 0) is 4.79 Å². The van der Waals surface area contributed by atoms with Crippen LogP contribution in [0.1, 0.15) is 26.7 Å². The zero-order valence-corrected chi connectivity index (χ0v) is 20.3. The molecule has 1 atom stereocenters. The number of piperidine rings is 1. The summed E-state index contributed by atoms with van der Waals surface area (Å²) in [6.07, 6.45) is 4.45. The minimum absolute atomic E-state index is 0.251. The summed E-state index contributed by atoms with van der Waals surface area (Å²) >= 11 is 0. The number of ether oxygens (including phenoxy) is 1. The lowest BCUT2D eigenvalue weighted by Gasteiger charge is -2.23. The third kappa shape index (κ3) is 6.66. The lowest BCUT2D eigenvalue weighted by Crippen LogP contribution is -2.46. The third-order valence-electron chi connectivity index (χ3n) is 6.23. The van der Waals surface area contributed by atoms with E-state index in [1.165, 1.54) is 6.20 Å². The van der Waals surface area contributed by atoms with Gasteiger partial charge in [0.25, 0.3) is 0 Å². The van der Waals surface area contributed by atoms with Crippen molar-refractivity contribution in [2.24, 2.45) is 11.8 Å². The summed E-state index contributed by atoms with van der Waals surface area (Å²) in [6, 6.07) is 2.89. The molecule has 1 unspecified atom stereocenters. The van der Waals surface area contributed by atoms with Crippen molar-refractivity contribution < 1.29 is 22.7 Å². The maximum absolute atomic E-state index is 12.6. The number of carbonyl (C=O) groups is 1. The van der Waals surface area contributed by atoms with Crippen LogP contribution in [0.3, 0.4) is 0 Å². The van der Waals surface area contributed by atoms with Gasteiger partial charge in [-0.3, -0.25) is 9.78 Å². The molecule has 8 nitrogen and oxygen atoms in total. The number of alkyl halides is 3. The van der Waals surface area contributed by atoms with E-state index in [4.69, 9.17) is 4.74 Å². The Morgan fingerprint density at radius 1 is 1.19 bits per heavy atom. The molecule has 11 heteroatoms. The average Bonchev–Trinajstić information content (AvgIpc) is 3.28. The summed E-state index contributed by atoms with van der Waals surface area (Å²) in [5.74, 6) is 0.227. The van der Waals surface area contributed by atoms with Gasteiger partial charge in [0.05, 0.1) is 18.5 Å². The first-order valence-electron chi connectivity index (χ1n) is 12.1. The summed E-state index contributed by atoms with van der Waals surface area (Å²) in [4.78, 5) is 24.3. The number of amides is 1. The Morgan fingerprint density at radius 3 is 2.69 bits per heavy atom. The molecule has 0 radical (unpaired) electrons. The van der Waals surface area contributed by atoms with Gasteiger partial charge in [-0.25, -0.2) is 4.98 Å². The molecule has 1 aliphatic heterocycles. The number of rotatable bonds is 9. The summed E-state index contributed by atoms with van der Waals surface area (Å²) in [7, 11) is 0. The van der Waals surface area contributed by atoms with Gasteiger partial charge in [0, 0.05) is 35.1 Å². The largest absolute Gasteiger partial charge is 0.492 e. The zero-order chi connectivity index (χ0) is 25.7. The van der Waals surface area contributed by atoms with E-state index in [1.54, 1.807) is 26.2 Å². The molecule has 0 aliphatic carbocycles. The Morgan fingerprint density at radius 2 is 1.97 bits per heavy atom. The highest BCUT2D eigenvalue weighted by atomic mass is 19.4. The predicted molar refractivity (Wildman–Crippen MR) is 132 cm³/mol. The minimum Gasteiger partial charge on any atom is -0.492 e. The smallest absolute Gasteiger partial charge is 0.405 e. The molecule has 4 rings (SSSR count). The summed E-state index contributed by atoms with van der Waals surface area (Å²) in [5, 5.41) is 9.20. The molecule has 0 bridgehead atoms. The van der Waals surface area contributed by atoms with Crippen molar-refractivity contribution in [3.63, 3.8) is 0 Å². The maximum atomic E-state index is 12.6. The maximum Gasteiger partial charge on any atom is 0.405 e. The molecule has 1 aliphatic rings. The van der Waals surface area contributed by atoms with Crippen LogP contribution in [-0.4, -0.2) is 59.3 Å². The summed E-state index contributed by atoms with van der Waals surface area (Å²) in [6.45, 7) is 4.80. The van der Waals surface area contributed by atoms with E-state index in [0.29, 0.717) is 29.6 Å². The second-order valence-electron chi connectivity index (χ2n) is 9.44. The number of pyridine rings is 2. The molecule has 3 aromatic heterocycles. The molecular formula is C25H31F3N6O2. The number of aromatic nitrogens is 3. The molecule has 1 amide bonds. The Kier molecular flexibility index (Phi) is 7.97. The van der Waals surface area contributed by atoms with Gasteiger partial charge in [0.1, 0.15) is 24.0 Å². The van der Waals surface area contributed by atoms with Crippen molar-refractivity contribution in [1.82, 2.24) is 25.6 Å². The summed E-state index contributed by atoms with van der Waals surface area (Å²) < 4.78 is 43.7. The van der Waals surface area contributed by atoms with Crippen LogP contribution in [0.25, 0.3) is 22.2 Å². The van der Waals surface area contributed by atoms with Crippen molar-refractivity contribution >= 4 is 22.6 Å². The second kappa shape index (κ2) is 11.2. The van der Waals surface area contributed by atoms with Gasteiger partial charge in [-0.2, -0.15) is 13.2 Å². The van der Waals surface area contributed by atoms with Crippen LogP contribution in [0.2, 0.25) is 0 Å². The second-order valence-corrected chi connectivity index (χ2v) is 9.44. The van der Waals surface area contributed by atoms with Gasteiger partial charge in [0.15, 0.2) is 0 Å².